The monoisotopic (exact) mass is 533 g/mol. The quantitative estimate of drug-likeness (QED) is 0.203. The summed E-state index contributed by atoms with van der Waals surface area (Å²) in [7, 11) is 5.94. The van der Waals surface area contributed by atoms with E-state index in [1.165, 1.54) is 34.5 Å². The summed E-state index contributed by atoms with van der Waals surface area (Å²) in [5, 5.41) is 12.2. The molecule has 8 nitrogen and oxygen atoms in total. The summed E-state index contributed by atoms with van der Waals surface area (Å²) in [6.45, 7) is -0.660. The van der Waals surface area contributed by atoms with Crippen molar-refractivity contribution in [1.82, 2.24) is 0 Å². The highest BCUT2D eigenvalue weighted by molar-refractivity contribution is 7.22. The molecule has 0 N–H and O–H groups in total. The molecule has 1 heterocycles. The third kappa shape index (κ3) is 5.57. The molecule has 0 aliphatic carbocycles. The van der Waals surface area contributed by atoms with E-state index in [9.17, 15) is 14.7 Å². The number of aliphatic carboxylic acids is 1. The number of thiophene rings is 1. The van der Waals surface area contributed by atoms with Gasteiger partial charge in [-0.3, -0.25) is 4.79 Å². The number of rotatable bonds is 11. The number of carboxylic acid groups (broad SMARTS) is 1. The molecular formula is C29H25O8S-. The third-order valence-electron chi connectivity index (χ3n) is 5.73. The van der Waals surface area contributed by atoms with Crippen molar-refractivity contribution in [3.8, 4) is 39.2 Å². The van der Waals surface area contributed by atoms with Crippen LogP contribution in [-0.4, -0.2) is 46.8 Å². The van der Waals surface area contributed by atoms with Crippen LogP contribution < -0.4 is 28.8 Å². The number of ketones is 1. The van der Waals surface area contributed by atoms with Gasteiger partial charge in [0.2, 0.25) is 5.75 Å². The third-order valence-corrected chi connectivity index (χ3v) is 6.88. The Bertz CT molecular complexity index is 1460. The number of carbonyl (C=O) groups excluding carboxylic acids is 2. The van der Waals surface area contributed by atoms with E-state index >= 15 is 0 Å². The van der Waals surface area contributed by atoms with Crippen LogP contribution in [0.3, 0.4) is 0 Å². The van der Waals surface area contributed by atoms with E-state index < -0.39 is 12.6 Å². The fraction of sp³-hybridized carbons (Fsp3) is 0.172. The standard InChI is InChI=1S/C29H26O8S/c1-33-23-15-22(37-16-28(31)32)17(11-20(23)27-14-18-7-5-6-8-26(18)38-27)9-10-21(30)19-12-24(34-2)29(36-4)25(13-19)35-3/h5-15H,16H2,1-4H3,(H,31,32)/p-1/b10-9+. The Hall–Kier alpha value is -4.50. The van der Waals surface area contributed by atoms with Gasteiger partial charge in [-0.15, -0.1) is 11.3 Å². The van der Waals surface area contributed by atoms with Crippen LogP contribution in [-0.2, 0) is 4.79 Å². The number of fused-ring (bicyclic) bond motifs is 1. The van der Waals surface area contributed by atoms with E-state index in [1.54, 1.807) is 41.7 Å². The number of carbonyl (C=O) groups is 2. The molecule has 4 rings (SSSR count). The summed E-state index contributed by atoms with van der Waals surface area (Å²) in [5.74, 6) is 0.0750. The van der Waals surface area contributed by atoms with Crippen LogP contribution in [0.5, 0.6) is 28.7 Å². The lowest BCUT2D eigenvalue weighted by molar-refractivity contribution is -0.307. The molecule has 4 aromatic rings. The molecule has 0 bridgehead atoms. The highest BCUT2D eigenvalue weighted by atomic mass is 32.1. The van der Waals surface area contributed by atoms with Crippen molar-refractivity contribution in [2.24, 2.45) is 0 Å². The van der Waals surface area contributed by atoms with Gasteiger partial charge in [0.05, 0.1) is 34.4 Å². The zero-order chi connectivity index (χ0) is 27.2. The van der Waals surface area contributed by atoms with E-state index in [2.05, 4.69) is 0 Å². The maximum absolute atomic E-state index is 13.1. The topological polar surface area (TPSA) is 103 Å². The molecule has 0 radical (unpaired) electrons. The predicted octanol–water partition coefficient (Wildman–Crippen LogP) is 4.63. The van der Waals surface area contributed by atoms with Crippen LogP contribution in [0, 0.1) is 0 Å². The molecule has 0 amide bonds. The minimum Gasteiger partial charge on any atom is -0.546 e. The van der Waals surface area contributed by atoms with Crippen molar-refractivity contribution in [2.45, 2.75) is 0 Å². The number of hydrogen-bond acceptors (Lipinski definition) is 9. The highest BCUT2D eigenvalue weighted by Gasteiger charge is 2.17. The summed E-state index contributed by atoms with van der Waals surface area (Å²) in [6, 6.07) is 16.6. The molecule has 196 valence electrons. The lowest BCUT2D eigenvalue weighted by Crippen LogP contribution is -2.29. The molecule has 0 atom stereocenters. The fourth-order valence-corrected chi connectivity index (χ4v) is 5.01. The van der Waals surface area contributed by atoms with Gasteiger partial charge in [0.15, 0.2) is 17.3 Å². The normalized spacial score (nSPS) is 10.9. The smallest absolute Gasteiger partial charge is 0.203 e. The van der Waals surface area contributed by atoms with Crippen molar-refractivity contribution in [3.63, 3.8) is 0 Å². The van der Waals surface area contributed by atoms with Gasteiger partial charge >= 0.3 is 0 Å². The lowest BCUT2D eigenvalue weighted by Gasteiger charge is -2.15. The SMILES string of the molecule is COc1cc(OCC(=O)[O-])c(/C=C/C(=O)c2cc(OC)c(OC)c(OC)c2)cc1-c1cc2ccccc2s1. The summed E-state index contributed by atoms with van der Waals surface area (Å²) in [4.78, 5) is 25.1. The first-order valence-electron chi connectivity index (χ1n) is 11.4. The van der Waals surface area contributed by atoms with E-state index in [0.29, 0.717) is 34.1 Å². The number of benzene rings is 3. The van der Waals surface area contributed by atoms with E-state index in [0.717, 1.165) is 20.5 Å². The van der Waals surface area contributed by atoms with Crippen LogP contribution >= 0.6 is 11.3 Å². The zero-order valence-corrected chi connectivity index (χ0v) is 22.0. The molecule has 38 heavy (non-hydrogen) atoms. The number of methoxy groups -OCH3 is 4. The van der Waals surface area contributed by atoms with Crippen LogP contribution in [0.1, 0.15) is 15.9 Å². The van der Waals surface area contributed by atoms with Gasteiger partial charge in [0, 0.05) is 32.3 Å². The molecule has 0 fully saturated rings. The Morgan fingerprint density at radius 2 is 1.53 bits per heavy atom. The minimum atomic E-state index is -1.37. The first kappa shape index (κ1) is 26.6. The highest BCUT2D eigenvalue weighted by Crippen LogP contribution is 2.42. The summed E-state index contributed by atoms with van der Waals surface area (Å²) >= 11 is 1.59. The Morgan fingerprint density at radius 3 is 2.13 bits per heavy atom. The largest absolute Gasteiger partial charge is 0.546 e. The molecular weight excluding hydrogens is 508 g/mol. The molecule has 1 aromatic heterocycles. The van der Waals surface area contributed by atoms with Gasteiger partial charge in [-0.1, -0.05) is 18.2 Å². The summed E-state index contributed by atoms with van der Waals surface area (Å²) in [5.41, 5.74) is 1.57. The van der Waals surface area contributed by atoms with E-state index in [1.807, 2.05) is 30.3 Å². The van der Waals surface area contributed by atoms with Gasteiger partial charge in [0.25, 0.3) is 0 Å². The molecule has 3 aromatic carbocycles. The zero-order valence-electron chi connectivity index (χ0n) is 21.2. The number of ether oxygens (including phenoxy) is 5. The maximum atomic E-state index is 13.1. The van der Waals surface area contributed by atoms with Crippen LogP contribution in [0.4, 0.5) is 0 Å². The van der Waals surface area contributed by atoms with Crippen molar-refractivity contribution in [1.29, 1.82) is 0 Å². The minimum absolute atomic E-state index is 0.227. The van der Waals surface area contributed by atoms with E-state index in [-0.39, 0.29) is 11.5 Å². The first-order valence-corrected chi connectivity index (χ1v) is 12.3. The molecule has 0 aliphatic rings. The lowest BCUT2D eigenvalue weighted by atomic mass is 10.0. The van der Waals surface area contributed by atoms with Crippen molar-refractivity contribution >= 4 is 39.3 Å². The number of hydrogen-bond donors (Lipinski definition) is 0. The Kier molecular flexibility index (Phi) is 8.18. The summed E-state index contributed by atoms with van der Waals surface area (Å²) in [6.07, 6.45) is 2.93. The number of allylic oxidation sites excluding steroid dienone is 1. The Morgan fingerprint density at radius 1 is 0.842 bits per heavy atom. The van der Waals surface area contributed by atoms with Crippen LogP contribution in [0.15, 0.2) is 60.7 Å². The summed E-state index contributed by atoms with van der Waals surface area (Å²) < 4.78 is 28.2. The average Bonchev–Trinajstić information content (AvgIpc) is 3.37. The van der Waals surface area contributed by atoms with Crippen molar-refractivity contribution < 1.29 is 38.4 Å². The fourth-order valence-electron chi connectivity index (χ4n) is 3.93. The van der Waals surface area contributed by atoms with Crippen molar-refractivity contribution in [3.05, 3.63) is 71.8 Å². The molecule has 0 spiro atoms. The van der Waals surface area contributed by atoms with Crippen LogP contribution in [0.2, 0.25) is 0 Å². The van der Waals surface area contributed by atoms with E-state index in [4.69, 9.17) is 23.7 Å². The second-order valence-electron chi connectivity index (χ2n) is 8.01. The molecule has 0 saturated carbocycles. The second-order valence-corrected chi connectivity index (χ2v) is 9.09. The number of carboxylic acids is 1. The first-order chi connectivity index (χ1) is 18.4. The molecule has 9 heteroatoms. The van der Waals surface area contributed by atoms with Gasteiger partial charge < -0.3 is 33.6 Å². The predicted molar refractivity (Wildman–Crippen MR) is 144 cm³/mol. The average molecular weight is 534 g/mol. The second kappa shape index (κ2) is 11.7. The molecule has 0 aliphatic heterocycles. The van der Waals surface area contributed by atoms with Crippen molar-refractivity contribution in [2.75, 3.05) is 35.0 Å². The molecule has 0 saturated heterocycles. The molecule has 0 unspecified atom stereocenters. The Labute approximate surface area is 223 Å². The van der Waals surface area contributed by atoms with Gasteiger partial charge in [-0.2, -0.15) is 0 Å². The van der Waals surface area contributed by atoms with Gasteiger partial charge in [0.1, 0.15) is 18.1 Å². The van der Waals surface area contributed by atoms with Gasteiger partial charge in [-0.05, 0) is 47.9 Å². The van der Waals surface area contributed by atoms with Crippen LogP contribution in [0.25, 0.3) is 26.6 Å². The maximum Gasteiger partial charge on any atom is 0.203 e. The Balaban J connectivity index is 1.77. The van der Waals surface area contributed by atoms with Gasteiger partial charge in [-0.25, -0.2) is 0 Å².